The predicted molar refractivity (Wildman–Crippen MR) is 77.2 cm³/mol. The average molecular weight is 265 g/mol. The lowest BCUT2D eigenvalue weighted by molar-refractivity contribution is 0.324. The molecule has 1 N–H and O–H groups in total. The van der Waals surface area contributed by atoms with Gasteiger partial charge in [0.15, 0.2) is 5.17 Å². The summed E-state index contributed by atoms with van der Waals surface area (Å²) in [6, 6.07) is 1.48. The first kappa shape index (κ1) is 11.6. The molecule has 1 atom stereocenters. The van der Waals surface area contributed by atoms with Gasteiger partial charge >= 0.3 is 0 Å². The summed E-state index contributed by atoms with van der Waals surface area (Å²) in [5, 5.41) is 5.00. The van der Waals surface area contributed by atoms with Crippen LogP contribution in [-0.2, 0) is 0 Å². The van der Waals surface area contributed by atoms with E-state index >= 15 is 0 Å². The van der Waals surface area contributed by atoms with Crippen LogP contribution in [0.4, 0.5) is 0 Å². The molecule has 1 unspecified atom stereocenters. The maximum absolute atomic E-state index is 4.98. The lowest BCUT2D eigenvalue weighted by Gasteiger charge is -2.22. The number of likely N-dealkylation sites (tertiary alicyclic amines) is 1. The van der Waals surface area contributed by atoms with Gasteiger partial charge in [0.05, 0.1) is 6.04 Å². The molecule has 0 aromatic carbocycles. The quantitative estimate of drug-likeness (QED) is 0.830. The standard InChI is InChI=1S/C14H23N3S/c1-2-7-14(6-1)10-18-13(16-14)15-11-5-8-17(9-11)12-3-4-12/h11-12H,1-10H2,(H,15,16). The van der Waals surface area contributed by atoms with Crippen molar-refractivity contribution in [2.45, 2.75) is 62.6 Å². The van der Waals surface area contributed by atoms with Crippen molar-refractivity contribution >= 4 is 16.9 Å². The SMILES string of the molecule is C1CCC2(C1)CSC(=NC1CCN(C3CC3)C1)N2. The van der Waals surface area contributed by atoms with Gasteiger partial charge < -0.3 is 5.32 Å². The van der Waals surface area contributed by atoms with Crippen molar-refractivity contribution < 1.29 is 0 Å². The molecule has 0 aromatic heterocycles. The van der Waals surface area contributed by atoms with Gasteiger partial charge in [-0.05, 0) is 32.1 Å². The number of rotatable bonds is 2. The molecule has 2 saturated heterocycles. The molecule has 0 bridgehead atoms. The Labute approximate surface area is 114 Å². The third-order valence-corrected chi connectivity index (χ3v) is 6.15. The van der Waals surface area contributed by atoms with E-state index in [2.05, 4.69) is 10.2 Å². The number of nitrogens with zero attached hydrogens (tertiary/aromatic N) is 2. The van der Waals surface area contributed by atoms with Crippen molar-refractivity contribution in [2.75, 3.05) is 18.8 Å². The van der Waals surface area contributed by atoms with Crippen LogP contribution in [0.25, 0.3) is 0 Å². The Kier molecular flexibility index (Phi) is 2.84. The van der Waals surface area contributed by atoms with Crippen LogP contribution in [0.15, 0.2) is 4.99 Å². The van der Waals surface area contributed by atoms with Gasteiger partial charge in [-0.1, -0.05) is 24.6 Å². The Balaban J connectivity index is 1.37. The Morgan fingerprint density at radius 3 is 2.83 bits per heavy atom. The van der Waals surface area contributed by atoms with E-state index in [1.807, 2.05) is 11.8 Å². The summed E-state index contributed by atoms with van der Waals surface area (Å²) in [4.78, 5) is 7.63. The van der Waals surface area contributed by atoms with E-state index in [0.717, 1.165) is 6.04 Å². The van der Waals surface area contributed by atoms with E-state index in [1.165, 1.54) is 69.0 Å². The van der Waals surface area contributed by atoms with Crippen LogP contribution >= 0.6 is 11.8 Å². The summed E-state index contributed by atoms with van der Waals surface area (Å²) in [5.41, 5.74) is 0.429. The minimum Gasteiger partial charge on any atom is -0.359 e. The molecule has 100 valence electrons. The highest BCUT2D eigenvalue weighted by molar-refractivity contribution is 8.14. The van der Waals surface area contributed by atoms with Gasteiger partial charge in [0.2, 0.25) is 0 Å². The number of hydrogen-bond donors (Lipinski definition) is 1. The predicted octanol–water partition coefficient (Wildman–Crippen LogP) is 2.23. The zero-order valence-corrected chi connectivity index (χ0v) is 11.8. The fraction of sp³-hybridized carbons (Fsp3) is 0.929. The van der Waals surface area contributed by atoms with Crippen LogP contribution in [0.2, 0.25) is 0 Å². The number of hydrogen-bond acceptors (Lipinski definition) is 3. The first-order valence-electron chi connectivity index (χ1n) is 7.56. The smallest absolute Gasteiger partial charge is 0.157 e. The molecule has 2 saturated carbocycles. The van der Waals surface area contributed by atoms with E-state index in [4.69, 9.17) is 4.99 Å². The maximum atomic E-state index is 4.98. The van der Waals surface area contributed by atoms with E-state index in [-0.39, 0.29) is 0 Å². The van der Waals surface area contributed by atoms with Crippen LogP contribution in [0, 0.1) is 0 Å². The zero-order valence-electron chi connectivity index (χ0n) is 11.0. The van der Waals surface area contributed by atoms with E-state index < -0.39 is 0 Å². The van der Waals surface area contributed by atoms with Crippen molar-refractivity contribution in [2.24, 2.45) is 4.99 Å². The second kappa shape index (κ2) is 4.41. The normalized spacial score (nSPS) is 37.8. The summed E-state index contributed by atoms with van der Waals surface area (Å²) in [6.07, 6.45) is 9.66. The molecule has 0 aromatic rings. The summed E-state index contributed by atoms with van der Waals surface area (Å²) in [6.45, 7) is 2.49. The van der Waals surface area contributed by atoms with Crippen LogP contribution in [0.5, 0.6) is 0 Å². The summed E-state index contributed by atoms with van der Waals surface area (Å²) < 4.78 is 0. The highest BCUT2D eigenvalue weighted by atomic mass is 32.2. The van der Waals surface area contributed by atoms with Crippen LogP contribution in [-0.4, -0.2) is 46.5 Å². The Morgan fingerprint density at radius 1 is 1.22 bits per heavy atom. The number of thioether (sulfide) groups is 1. The second-order valence-electron chi connectivity index (χ2n) is 6.50. The van der Waals surface area contributed by atoms with Crippen molar-refractivity contribution in [1.82, 2.24) is 10.2 Å². The summed E-state index contributed by atoms with van der Waals surface area (Å²) in [7, 11) is 0. The van der Waals surface area contributed by atoms with Gasteiger partial charge in [0.25, 0.3) is 0 Å². The molecule has 4 rings (SSSR count). The van der Waals surface area contributed by atoms with E-state index in [0.29, 0.717) is 11.6 Å². The van der Waals surface area contributed by atoms with Crippen molar-refractivity contribution in [1.29, 1.82) is 0 Å². The molecule has 0 amide bonds. The number of amidine groups is 1. The fourth-order valence-corrected chi connectivity index (χ4v) is 4.99. The van der Waals surface area contributed by atoms with Gasteiger partial charge in [-0.25, -0.2) is 0 Å². The van der Waals surface area contributed by atoms with Gasteiger partial charge in [0.1, 0.15) is 0 Å². The van der Waals surface area contributed by atoms with Gasteiger partial charge in [-0.2, -0.15) is 0 Å². The van der Waals surface area contributed by atoms with Gasteiger partial charge in [-0.3, -0.25) is 9.89 Å². The number of aliphatic imine (C=N–C) groups is 1. The monoisotopic (exact) mass is 265 g/mol. The van der Waals surface area contributed by atoms with Gasteiger partial charge in [0, 0.05) is 30.4 Å². The first-order chi connectivity index (χ1) is 8.83. The largest absolute Gasteiger partial charge is 0.359 e. The Morgan fingerprint density at radius 2 is 2.06 bits per heavy atom. The molecule has 4 heteroatoms. The van der Waals surface area contributed by atoms with Crippen LogP contribution < -0.4 is 5.32 Å². The lowest BCUT2D eigenvalue weighted by Crippen LogP contribution is -2.41. The van der Waals surface area contributed by atoms with Crippen LogP contribution in [0.1, 0.15) is 44.9 Å². The minimum absolute atomic E-state index is 0.429. The Bertz CT molecular complexity index is 358. The highest BCUT2D eigenvalue weighted by Crippen LogP contribution is 2.38. The molecule has 2 aliphatic heterocycles. The Hall–Kier alpha value is -0.220. The van der Waals surface area contributed by atoms with Gasteiger partial charge in [-0.15, -0.1) is 0 Å². The molecule has 4 fully saturated rings. The second-order valence-corrected chi connectivity index (χ2v) is 7.47. The molecular formula is C14H23N3S. The molecule has 1 spiro atoms. The average Bonchev–Trinajstić information content (AvgIpc) is 2.81. The third-order valence-electron chi connectivity index (χ3n) is 4.98. The minimum atomic E-state index is 0.429. The molecule has 0 radical (unpaired) electrons. The zero-order chi connectivity index (χ0) is 12.0. The van der Waals surface area contributed by atoms with Crippen molar-refractivity contribution in [3.8, 4) is 0 Å². The maximum Gasteiger partial charge on any atom is 0.157 e. The molecule has 18 heavy (non-hydrogen) atoms. The molecular weight excluding hydrogens is 242 g/mol. The van der Waals surface area contributed by atoms with E-state index in [1.54, 1.807) is 0 Å². The van der Waals surface area contributed by atoms with Crippen molar-refractivity contribution in [3.63, 3.8) is 0 Å². The molecule has 2 aliphatic carbocycles. The third kappa shape index (κ3) is 2.18. The van der Waals surface area contributed by atoms with Crippen LogP contribution in [0.3, 0.4) is 0 Å². The highest BCUT2D eigenvalue weighted by Gasteiger charge is 2.40. The fourth-order valence-electron chi connectivity index (χ4n) is 3.71. The lowest BCUT2D eigenvalue weighted by atomic mass is 10.0. The van der Waals surface area contributed by atoms with E-state index in [9.17, 15) is 0 Å². The molecule has 2 heterocycles. The molecule has 4 aliphatic rings. The molecule has 3 nitrogen and oxygen atoms in total. The van der Waals surface area contributed by atoms with Crippen molar-refractivity contribution in [3.05, 3.63) is 0 Å². The first-order valence-corrected chi connectivity index (χ1v) is 8.54. The topological polar surface area (TPSA) is 27.6 Å². The summed E-state index contributed by atoms with van der Waals surface area (Å²) in [5.74, 6) is 1.25. The summed E-state index contributed by atoms with van der Waals surface area (Å²) >= 11 is 1.97. The number of nitrogens with one attached hydrogen (secondary N) is 1.